The molecule has 80 valence electrons. The number of hydrogen-bond acceptors (Lipinski definition) is 3. The number of carbonyl (C=O) groups excluding carboxylic acids is 2. The molecule has 0 atom stereocenters. The summed E-state index contributed by atoms with van der Waals surface area (Å²) in [5.74, 6) is -1.95. The van der Waals surface area contributed by atoms with E-state index >= 15 is 0 Å². The van der Waals surface area contributed by atoms with Crippen LogP contribution < -0.4 is 11.1 Å². The van der Waals surface area contributed by atoms with Gasteiger partial charge in [-0.1, -0.05) is 0 Å². The molecule has 3 amide bonds. The van der Waals surface area contributed by atoms with E-state index in [-0.39, 0.29) is 0 Å². The van der Waals surface area contributed by atoms with Crippen LogP contribution in [0.1, 0.15) is 6.92 Å². The van der Waals surface area contributed by atoms with Crippen LogP contribution in [0, 0.1) is 0 Å². The summed E-state index contributed by atoms with van der Waals surface area (Å²) in [6.45, 7) is 1.09. The minimum atomic E-state index is -1.20. The molecule has 0 aromatic carbocycles. The molecule has 0 saturated heterocycles. The molecule has 14 heavy (non-hydrogen) atoms. The number of hydrogen-bond donors (Lipinski definition) is 3. The number of rotatable bonds is 5. The van der Waals surface area contributed by atoms with Crippen LogP contribution in [0.5, 0.6) is 0 Å². The average Bonchev–Trinajstić information content (AvgIpc) is 2.01. The van der Waals surface area contributed by atoms with Crippen LogP contribution in [0.4, 0.5) is 4.79 Å². The maximum atomic E-state index is 11.2. The Morgan fingerprint density at radius 1 is 1.36 bits per heavy atom. The van der Waals surface area contributed by atoms with E-state index in [2.05, 4.69) is 5.32 Å². The SMILES string of the molecule is CCNC(=O)N(CC(N)=O)CC(=O)O. The molecule has 0 aromatic rings. The number of nitrogens with zero attached hydrogens (tertiary/aromatic N) is 1. The highest BCUT2D eigenvalue weighted by molar-refractivity contribution is 5.85. The molecule has 7 nitrogen and oxygen atoms in total. The standard InChI is InChI=1S/C7H13N3O4/c1-2-9-7(14)10(3-5(8)11)4-6(12)13/h2-4H2,1H3,(H2,8,11)(H,9,14)(H,12,13). The molecule has 0 saturated carbocycles. The van der Waals surface area contributed by atoms with Gasteiger partial charge in [-0.25, -0.2) is 4.79 Å². The molecular weight excluding hydrogens is 190 g/mol. The summed E-state index contributed by atoms with van der Waals surface area (Å²) < 4.78 is 0. The Morgan fingerprint density at radius 2 is 1.93 bits per heavy atom. The van der Waals surface area contributed by atoms with E-state index < -0.39 is 31.0 Å². The van der Waals surface area contributed by atoms with Gasteiger partial charge in [0.05, 0.1) is 0 Å². The Kier molecular flexibility index (Phi) is 5.05. The zero-order valence-corrected chi connectivity index (χ0v) is 7.82. The van der Waals surface area contributed by atoms with Gasteiger partial charge in [-0.15, -0.1) is 0 Å². The van der Waals surface area contributed by atoms with E-state index in [0.29, 0.717) is 6.54 Å². The summed E-state index contributed by atoms with van der Waals surface area (Å²) in [6.07, 6.45) is 0. The van der Waals surface area contributed by atoms with Gasteiger partial charge in [-0.3, -0.25) is 9.59 Å². The van der Waals surface area contributed by atoms with Crippen LogP contribution in [0.2, 0.25) is 0 Å². The van der Waals surface area contributed by atoms with Crippen LogP contribution in [0.25, 0.3) is 0 Å². The molecule has 0 radical (unpaired) electrons. The number of carbonyl (C=O) groups is 3. The van der Waals surface area contributed by atoms with E-state index in [0.717, 1.165) is 4.90 Å². The molecule has 0 aliphatic rings. The topological polar surface area (TPSA) is 113 Å². The molecule has 7 heteroatoms. The fourth-order valence-electron chi connectivity index (χ4n) is 0.814. The van der Waals surface area contributed by atoms with Gasteiger partial charge in [0.25, 0.3) is 0 Å². The highest BCUT2D eigenvalue weighted by Crippen LogP contribution is 1.88. The normalized spacial score (nSPS) is 9.21. The number of urea groups is 1. The van der Waals surface area contributed by atoms with Crippen LogP contribution >= 0.6 is 0 Å². The first-order valence-corrected chi connectivity index (χ1v) is 4.00. The average molecular weight is 203 g/mol. The van der Waals surface area contributed by atoms with Crippen molar-refractivity contribution in [1.82, 2.24) is 10.2 Å². The molecule has 0 aliphatic heterocycles. The maximum Gasteiger partial charge on any atom is 0.323 e. The summed E-state index contributed by atoms with van der Waals surface area (Å²) >= 11 is 0. The summed E-state index contributed by atoms with van der Waals surface area (Å²) in [5.41, 5.74) is 4.85. The number of carboxylic acid groups (broad SMARTS) is 1. The number of amides is 3. The molecule has 0 aromatic heterocycles. The summed E-state index contributed by atoms with van der Waals surface area (Å²) in [6, 6.07) is -0.617. The fourth-order valence-corrected chi connectivity index (χ4v) is 0.814. The van der Waals surface area contributed by atoms with Gasteiger partial charge < -0.3 is 21.1 Å². The van der Waals surface area contributed by atoms with Gasteiger partial charge >= 0.3 is 12.0 Å². The summed E-state index contributed by atoms with van der Waals surface area (Å²) in [4.78, 5) is 32.8. The predicted octanol–water partition coefficient (Wildman–Crippen LogP) is -1.41. The summed E-state index contributed by atoms with van der Waals surface area (Å²) in [7, 11) is 0. The second-order valence-corrected chi connectivity index (χ2v) is 2.55. The fraction of sp³-hybridized carbons (Fsp3) is 0.571. The van der Waals surface area contributed by atoms with Crippen LogP contribution in [0.15, 0.2) is 0 Å². The van der Waals surface area contributed by atoms with Crippen LogP contribution in [-0.2, 0) is 9.59 Å². The van der Waals surface area contributed by atoms with Crippen LogP contribution in [-0.4, -0.2) is 47.5 Å². The first kappa shape index (κ1) is 12.2. The monoisotopic (exact) mass is 203 g/mol. The molecule has 0 unspecified atom stereocenters. The van der Waals surface area contributed by atoms with E-state index in [1.54, 1.807) is 6.92 Å². The molecule has 0 bridgehead atoms. The van der Waals surface area contributed by atoms with Crippen molar-refractivity contribution in [3.05, 3.63) is 0 Å². The molecule has 0 rings (SSSR count). The Hall–Kier alpha value is -1.79. The van der Waals surface area contributed by atoms with Crippen molar-refractivity contribution in [3.63, 3.8) is 0 Å². The molecule has 0 heterocycles. The first-order chi connectivity index (χ1) is 6.47. The molecule has 0 aliphatic carbocycles. The van der Waals surface area contributed by atoms with Gasteiger partial charge in [0.15, 0.2) is 0 Å². The Morgan fingerprint density at radius 3 is 2.29 bits per heavy atom. The van der Waals surface area contributed by atoms with Crippen molar-refractivity contribution in [2.24, 2.45) is 5.73 Å². The third-order valence-electron chi connectivity index (χ3n) is 1.29. The van der Waals surface area contributed by atoms with Crippen molar-refractivity contribution in [3.8, 4) is 0 Å². The zero-order valence-electron chi connectivity index (χ0n) is 7.82. The van der Waals surface area contributed by atoms with Crippen molar-refractivity contribution in [1.29, 1.82) is 0 Å². The lowest BCUT2D eigenvalue weighted by atomic mass is 10.4. The van der Waals surface area contributed by atoms with E-state index in [1.165, 1.54) is 0 Å². The Labute approximate surface area is 80.9 Å². The van der Waals surface area contributed by atoms with Crippen molar-refractivity contribution in [2.45, 2.75) is 6.92 Å². The predicted molar refractivity (Wildman–Crippen MR) is 47.5 cm³/mol. The second kappa shape index (κ2) is 5.79. The third kappa shape index (κ3) is 4.96. The lowest BCUT2D eigenvalue weighted by Crippen LogP contribution is -2.46. The number of carboxylic acids is 1. The minimum absolute atomic E-state index is 0.355. The lowest BCUT2D eigenvalue weighted by Gasteiger charge is -2.18. The van der Waals surface area contributed by atoms with Gasteiger partial charge in [-0.2, -0.15) is 0 Å². The van der Waals surface area contributed by atoms with Crippen molar-refractivity contribution < 1.29 is 19.5 Å². The van der Waals surface area contributed by atoms with Gasteiger partial charge in [0.1, 0.15) is 13.1 Å². The lowest BCUT2D eigenvalue weighted by molar-refractivity contribution is -0.137. The van der Waals surface area contributed by atoms with Crippen molar-refractivity contribution >= 4 is 17.9 Å². The van der Waals surface area contributed by atoms with E-state index in [4.69, 9.17) is 10.8 Å². The maximum absolute atomic E-state index is 11.2. The number of nitrogens with two attached hydrogens (primary N) is 1. The number of nitrogens with one attached hydrogen (secondary N) is 1. The molecular formula is C7H13N3O4. The minimum Gasteiger partial charge on any atom is -0.480 e. The number of primary amides is 1. The summed E-state index contributed by atoms with van der Waals surface area (Å²) in [5, 5.41) is 10.8. The third-order valence-corrected chi connectivity index (χ3v) is 1.29. The van der Waals surface area contributed by atoms with Crippen molar-refractivity contribution in [2.75, 3.05) is 19.6 Å². The molecule has 0 spiro atoms. The van der Waals surface area contributed by atoms with Gasteiger partial charge in [-0.05, 0) is 6.92 Å². The largest absolute Gasteiger partial charge is 0.480 e. The number of aliphatic carboxylic acids is 1. The van der Waals surface area contributed by atoms with E-state index in [9.17, 15) is 14.4 Å². The Balaban J connectivity index is 4.29. The quantitative estimate of drug-likeness (QED) is 0.509. The smallest absolute Gasteiger partial charge is 0.323 e. The van der Waals surface area contributed by atoms with Crippen LogP contribution in [0.3, 0.4) is 0 Å². The van der Waals surface area contributed by atoms with E-state index in [1.807, 2.05) is 0 Å². The Bertz CT molecular complexity index is 225. The second-order valence-electron chi connectivity index (χ2n) is 2.55. The molecule has 4 N–H and O–H groups in total. The highest BCUT2D eigenvalue weighted by Gasteiger charge is 2.17. The first-order valence-electron chi connectivity index (χ1n) is 4.00. The molecule has 0 fully saturated rings. The zero-order chi connectivity index (χ0) is 11.1. The van der Waals surface area contributed by atoms with Gasteiger partial charge in [0.2, 0.25) is 5.91 Å². The van der Waals surface area contributed by atoms with Gasteiger partial charge in [0, 0.05) is 6.54 Å². The highest BCUT2D eigenvalue weighted by atomic mass is 16.4.